The Bertz CT molecular complexity index is 371. The van der Waals surface area contributed by atoms with Gasteiger partial charge in [-0.25, -0.2) is 4.79 Å². The molecule has 4 nitrogen and oxygen atoms in total. The molecule has 1 heterocycles. The number of nitrogens with one attached hydrogen (secondary N) is 1. The van der Waals surface area contributed by atoms with Gasteiger partial charge in [-0.3, -0.25) is 0 Å². The number of ether oxygens (including phenoxy) is 1. The van der Waals surface area contributed by atoms with Gasteiger partial charge >= 0.3 is 5.97 Å². The smallest absolute Gasteiger partial charge is 0.348 e. The molecule has 1 rings (SSSR count). The molecule has 1 aromatic heterocycles. The fraction of sp³-hybridized carbons (Fsp3) is 0.200. The number of hydrogen-bond acceptors (Lipinski definition) is 3. The molecule has 0 spiro atoms. The molecule has 0 atom stereocenters. The quantitative estimate of drug-likeness (QED) is 0.446. The molecule has 0 aliphatic carbocycles. The number of rotatable bonds is 3. The first-order valence-electron chi connectivity index (χ1n) is 4.20. The third-order valence-corrected chi connectivity index (χ3v) is 1.54. The van der Waals surface area contributed by atoms with E-state index >= 15 is 0 Å². The summed E-state index contributed by atoms with van der Waals surface area (Å²) in [7, 11) is 0. The van der Waals surface area contributed by atoms with Gasteiger partial charge in [-0.1, -0.05) is 0 Å². The van der Waals surface area contributed by atoms with Crippen LogP contribution in [-0.2, 0) is 9.53 Å². The molecule has 72 valence electrons. The lowest BCUT2D eigenvalue weighted by Crippen LogP contribution is -2.05. The number of carbonyl (C=O) groups excluding carboxylic acids is 1. The molecule has 0 aliphatic heterocycles. The number of aromatic nitrogens is 1. The fourth-order valence-corrected chi connectivity index (χ4v) is 0.935. The summed E-state index contributed by atoms with van der Waals surface area (Å²) >= 11 is 0. The standard InChI is InChI=1S/C10H10N2O2/c1-2-14-10(13)8(7-11)6-9-4-3-5-12-9/h3-6,12H,2H2,1H3/b8-6-. The predicted molar refractivity (Wildman–Crippen MR) is 51.0 cm³/mol. The average Bonchev–Trinajstić information content (AvgIpc) is 2.66. The zero-order valence-electron chi connectivity index (χ0n) is 7.78. The average molecular weight is 190 g/mol. The number of hydrogen-bond donors (Lipinski definition) is 1. The van der Waals surface area contributed by atoms with Gasteiger partial charge in [-0.15, -0.1) is 0 Å². The van der Waals surface area contributed by atoms with Gasteiger partial charge in [0.1, 0.15) is 11.6 Å². The van der Waals surface area contributed by atoms with E-state index in [1.165, 1.54) is 6.08 Å². The summed E-state index contributed by atoms with van der Waals surface area (Å²) < 4.78 is 4.70. The van der Waals surface area contributed by atoms with Crippen molar-refractivity contribution in [3.63, 3.8) is 0 Å². The molecule has 0 saturated heterocycles. The van der Waals surface area contributed by atoms with E-state index in [1.54, 1.807) is 31.3 Å². The van der Waals surface area contributed by atoms with Gasteiger partial charge in [-0.2, -0.15) is 5.26 Å². The van der Waals surface area contributed by atoms with Crippen LogP contribution >= 0.6 is 0 Å². The number of aromatic amines is 1. The highest BCUT2D eigenvalue weighted by Crippen LogP contribution is 2.05. The van der Waals surface area contributed by atoms with E-state index in [0.29, 0.717) is 5.69 Å². The number of carbonyl (C=O) groups is 1. The molecule has 0 aromatic carbocycles. The summed E-state index contributed by atoms with van der Waals surface area (Å²) in [5, 5.41) is 8.69. The summed E-state index contributed by atoms with van der Waals surface area (Å²) in [5.74, 6) is -0.593. The first-order chi connectivity index (χ1) is 6.77. The Morgan fingerprint density at radius 3 is 3.07 bits per heavy atom. The van der Waals surface area contributed by atoms with Crippen LogP contribution in [0.15, 0.2) is 23.9 Å². The number of nitriles is 1. The Morgan fingerprint density at radius 2 is 2.57 bits per heavy atom. The third-order valence-electron chi connectivity index (χ3n) is 1.54. The Hall–Kier alpha value is -2.02. The first-order valence-corrected chi connectivity index (χ1v) is 4.20. The van der Waals surface area contributed by atoms with Gasteiger partial charge in [0.15, 0.2) is 0 Å². The van der Waals surface area contributed by atoms with Gasteiger partial charge in [0, 0.05) is 11.9 Å². The zero-order chi connectivity index (χ0) is 10.4. The maximum atomic E-state index is 11.2. The Balaban J connectivity index is 2.83. The van der Waals surface area contributed by atoms with Crippen molar-refractivity contribution in [3.05, 3.63) is 29.6 Å². The topological polar surface area (TPSA) is 65.9 Å². The van der Waals surface area contributed by atoms with E-state index in [4.69, 9.17) is 10.00 Å². The molecule has 1 aromatic rings. The van der Waals surface area contributed by atoms with Crippen LogP contribution < -0.4 is 0 Å². The van der Waals surface area contributed by atoms with Gasteiger partial charge in [0.25, 0.3) is 0 Å². The van der Waals surface area contributed by atoms with Crippen molar-refractivity contribution in [2.24, 2.45) is 0 Å². The molecule has 0 fully saturated rings. The normalized spacial score (nSPS) is 10.7. The molecule has 1 N–H and O–H groups in total. The van der Waals surface area contributed by atoms with Crippen molar-refractivity contribution in [1.29, 1.82) is 5.26 Å². The lowest BCUT2D eigenvalue weighted by molar-refractivity contribution is -0.137. The minimum Gasteiger partial charge on any atom is -0.462 e. The lowest BCUT2D eigenvalue weighted by atomic mass is 10.2. The second-order valence-electron chi connectivity index (χ2n) is 2.52. The molecule has 0 radical (unpaired) electrons. The van der Waals surface area contributed by atoms with Gasteiger partial charge in [0.2, 0.25) is 0 Å². The van der Waals surface area contributed by atoms with Crippen LogP contribution in [0.3, 0.4) is 0 Å². The van der Waals surface area contributed by atoms with Crippen molar-refractivity contribution < 1.29 is 9.53 Å². The Kier molecular flexibility index (Phi) is 3.50. The van der Waals surface area contributed by atoms with E-state index in [0.717, 1.165) is 0 Å². The monoisotopic (exact) mass is 190 g/mol. The van der Waals surface area contributed by atoms with Crippen molar-refractivity contribution >= 4 is 12.0 Å². The van der Waals surface area contributed by atoms with E-state index in [1.807, 2.05) is 0 Å². The van der Waals surface area contributed by atoms with Crippen LogP contribution in [0.2, 0.25) is 0 Å². The molecule has 0 saturated carbocycles. The van der Waals surface area contributed by atoms with Crippen molar-refractivity contribution in [1.82, 2.24) is 4.98 Å². The van der Waals surface area contributed by atoms with E-state index in [-0.39, 0.29) is 12.2 Å². The molecule has 0 aliphatic rings. The zero-order valence-corrected chi connectivity index (χ0v) is 7.78. The molecule has 4 heteroatoms. The van der Waals surface area contributed by atoms with Gasteiger partial charge < -0.3 is 9.72 Å². The second kappa shape index (κ2) is 4.87. The van der Waals surface area contributed by atoms with Crippen molar-refractivity contribution in [2.45, 2.75) is 6.92 Å². The molecular formula is C10H10N2O2. The predicted octanol–water partition coefficient (Wildman–Crippen LogP) is 1.48. The molecule has 0 amide bonds. The van der Waals surface area contributed by atoms with Crippen LogP contribution in [0.4, 0.5) is 0 Å². The van der Waals surface area contributed by atoms with E-state index < -0.39 is 5.97 Å². The van der Waals surface area contributed by atoms with E-state index in [2.05, 4.69) is 4.98 Å². The fourth-order valence-electron chi connectivity index (χ4n) is 0.935. The highest BCUT2D eigenvalue weighted by Gasteiger charge is 2.09. The van der Waals surface area contributed by atoms with Crippen LogP contribution in [0.25, 0.3) is 6.08 Å². The summed E-state index contributed by atoms with van der Waals surface area (Å²) in [5.41, 5.74) is 0.698. The summed E-state index contributed by atoms with van der Waals surface area (Å²) in [6, 6.07) is 5.34. The minimum atomic E-state index is -0.593. The SMILES string of the molecule is CCOC(=O)/C(C#N)=C\c1ccc[nH]1. The van der Waals surface area contributed by atoms with Crippen molar-refractivity contribution in [3.8, 4) is 6.07 Å². The van der Waals surface area contributed by atoms with Crippen LogP contribution in [0.5, 0.6) is 0 Å². The van der Waals surface area contributed by atoms with Gasteiger partial charge in [-0.05, 0) is 25.1 Å². The maximum absolute atomic E-state index is 11.2. The number of H-pyrrole nitrogens is 1. The maximum Gasteiger partial charge on any atom is 0.348 e. The molecule has 0 unspecified atom stereocenters. The summed E-state index contributed by atoms with van der Waals surface area (Å²) in [4.78, 5) is 14.0. The van der Waals surface area contributed by atoms with E-state index in [9.17, 15) is 4.79 Å². The molecule has 0 bridgehead atoms. The second-order valence-corrected chi connectivity index (χ2v) is 2.52. The van der Waals surface area contributed by atoms with Crippen LogP contribution in [0, 0.1) is 11.3 Å². The summed E-state index contributed by atoms with van der Waals surface area (Å²) in [6.07, 6.45) is 3.17. The number of esters is 1. The first kappa shape index (κ1) is 10.1. The Labute approximate surface area is 81.8 Å². The molecular weight excluding hydrogens is 180 g/mol. The summed E-state index contributed by atoms with van der Waals surface area (Å²) in [6.45, 7) is 1.96. The molecule has 14 heavy (non-hydrogen) atoms. The minimum absolute atomic E-state index is 0.00528. The van der Waals surface area contributed by atoms with Crippen molar-refractivity contribution in [2.75, 3.05) is 6.61 Å². The van der Waals surface area contributed by atoms with Gasteiger partial charge in [0.05, 0.1) is 6.61 Å². The largest absolute Gasteiger partial charge is 0.462 e. The highest BCUT2D eigenvalue weighted by atomic mass is 16.5. The number of nitrogens with zero attached hydrogens (tertiary/aromatic N) is 1. The lowest BCUT2D eigenvalue weighted by Gasteiger charge is -1.98. The third kappa shape index (κ3) is 2.49. The van der Waals surface area contributed by atoms with Crippen LogP contribution in [-0.4, -0.2) is 17.6 Å². The highest BCUT2D eigenvalue weighted by molar-refractivity contribution is 5.97. The Morgan fingerprint density at radius 1 is 1.79 bits per heavy atom. The van der Waals surface area contributed by atoms with Crippen LogP contribution in [0.1, 0.15) is 12.6 Å².